The molecule has 0 saturated carbocycles. The number of morpholine rings is 1. The van der Waals surface area contributed by atoms with E-state index in [0.717, 1.165) is 38.6 Å². The molecule has 2 atom stereocenters. The predicted octanol–water partition coefficient (Wildman–Crippen LogP) is 1.47. The molecule has 3 heteroatoms. The second-order valence-corrected chi connectivity index (χ2v) is 4.89. The fraction of sp³-hybridized carbons (Fsp3) is 1.00. The summed E-state index contributed by atoms with van der Waals surface area (Å²) in [6, 6.07) is 1.12. The Morgan fingerprint density at radius 1 is 1.47 bits per heavy atom. The van der Waals surface area contributed by atoms with Crippen LogP contribution in [0.15, 0.2) is 0 Å². The van der Waals surface area contributed by atoms with Crippen LogP contribution in [-0.2, 0) is 4.74 Å². The van der Waals surface area contributed by atoms with Crippen molar-refractivity contribution in [3.05, 3.63) is 0 Å². The lowest BCUT2D eigenvalue weighted by Crippen LogP contribution is -2.53. The van der Waals surface area contributed by atoms with Gasteiger partial charge in [0.1, 0.15) is 0 Å². The lowest BCUT2D eigenvalue weighted by Gasteiger charge is -2.41. The molecule has 1 aliphatic heterocycles. The van der Waals surface area contributed by atoms with Gasteiger partial charge in [-0.25, -0.2) is 0 Å². The van der Waals surface area contributed by atoms with E-state index in [1.54, 1.807) is 0 Å². The molecule has 0 aromatic heterocycles. The number of hydrogen-bond acceptors (Lipinski definition) is 3. The average molecular weight is 214 g/mol. The topological polar surface area (TPSA) is 38.5 Å². The summed E-state index contributed by atoms with van der Waals surface area (Å²) in [7, 11) is 0. The van der Waals surface area contributed by atoms with Gasteiger partial charge in [-0.05, 0) is 18.8 Å². The van der Waals surface area contributed by atoms with E-state index in [2.05, 4.69) is 25.7 Å². The average Bonchev–Trinajstić information content (AvgIpc) is 2.25. The van der Waals surface area contributed by atoms with Gasteiger partial charge < -0.3 is 10.5 Å². The van der Waals surface area contributed by atoms with Crippen LogP contribution in [0.25, 0.3) is 0 Å². The van der Waals surface area contributed by atoms with Gasteiger partial charge in [0.05, 0.1) is 13.2 Å². The smallest absolute Gasteiger partial charge is 0.0622 e. The number of rotatable bonds is 5. The van der Waals surface area contributed by atoms with Crippen LogP contribution < -0.4 is 5.73 Å². The van der Waals surface area contributed by atoms with Crippen molar-refractivity contribution in [2.45, 2.75) is 45.7 Å². The Kier molecular flexibility index (Phi) is 5.58. The third-order valence-corrected chi connectivity index (χ3v) is 3.23. The summed E-state index contributed by atoms with van der Waals surface area (Å²) in [5.74, 6) is 0.721. The molecule has 1 heterocycles. The zero-order valence-electron chi connectivity index (χ0n) is 10.4. The molecule has 15 heavy (non-hydrogen) atoms. The van der Waals surface area contributed by atoms with E-state index in [4.69, 9.17) is 10.5 Å². The van der Waals surface area contributed by atoms with Crippen LogP contribution in [0.4, 0.5) is 0 Å². The Morgan fingerprint density at radius 3 is 2.73 bits per heavy atom. The van der Waals surface area contributed by atoms with Crippen molar-refractivity contribution in [1.29, 1.82) is 0 Å². The van der Waals surface area contributed by atoms with Crippen molar-refractivity contribution in [3.63, 3.8) is 0 Å². The highest BCUT2D eigenvalue weighted by Crippen LogP contribution is 2.18. The molecule has 1 fully saturated rings. The number of ether oxygens (including phenoxy) is 1. The summed E-state index contributed by atoms with van der Waals surface area (Å²) in [6.45, 7) is 10.3. The highest BCUT2D eigenvalue weighted by atomic mass is 16.5. The third kappa shape index (κ3) is 3.74. The number of nitrogens with two attached hydrogens (primary N) is 1. The van der Waals surface area contributed by atoms with Crippen LogP contribution in [0.3, 0.4) is 0 Å². The molecule has 0 aromatic carbocycles. The molecule has 0 bridgehead atoms. The Morgan fingerprint density at radius 2 is 2.20 bits per heavy atom. The van der Waals surface area contributed by atoms with Gasteiger partial charge in [-0.2, -0.15) is 0 Å². The fourth-order valence-corrected chi connectivity index (χ4v) is 2.41. The Balaban J connectivity index is 2.55. The van der Waals surface area contributed by atoms with Crippen LogP contribution >= 0.6 is 0 Å². The normalized spacial score (nSPS) is 25.8. The molecule has 1 saturated heterocycles. The van der Waals surface area contributed by atoms with Gasteiger partial charge in [-0.1, -0.05) is 20.8 Å². The summed E-state index contributed by atoms with van der Waals surface area (Å²) in [4.78, 5) is 2.56. The summed E-state index contributed by atoms with van der Waals surface area (Å²) in [5.41, 5.74) is 5.89. The molecule has 1 rings (SSSR count). The minimum absolute atomic E-state index is 0.541. The summed E-state index contributed by atoms with van der Waals surface area (Å²) >= 11 is 0. The van der Waals surface area contributed by atoms with Gasteiger partial charge in [-0.15, -0.1) is 0 Å². The third-order valence-electron chi connectivity index (χ3n) is 3.23. The van der Waals surface area contributed by atoms with E-state index in [1.807, 2.05) is 0 Å². The van der Waals surface area contributed by atoms with Gasteiger partial charge in [0.2, 0.25) is 0 Å². The largest absolute Gasteiger partial charge is 0.378 e. The van der Waals surface area contributed by atoms with Crippen molar-refractivity contribution in [3.8, 4) is 0 Å². The Labute approximate surface area is 94.0 Å². The lowest BCUT2D eigenvalue weighted by molar-refractivity contribution is -0.0319. The molecule has 2 unspecified atom stereocenters. The van der Waals surface area contributed by atoms with Crippen molar-refractivity contribution < 1.29 is 4.74 Å². The molecule has 0 aliphatic carbocycles. The highest BCUT2D eigenvalue weighted by Gasteiger charge is 2.27. The first-order valence-electron chi connectivity index (χ1n) is 6.22. The maximum absolute atomic E-state index is 5.89. The first-order chi connectivity index (χ1) is 7.19. The fourth-order valence-electron chi connectivity index (χ4n) is 2.41. The zero-order valence-corrected chi connectivity index (χ0v) is 10.4. The molecule has 2 N–H and O–H groups in total. The molecule has 0 amide bonds. The van der Waals surface area contributed by atoms with Crippen molar-refractivity contribution >= 4 is 0 Å². The van der Waals surface area contributed by atoms with E-state index in [9.17, 15) is 0 Å². The van der Waals surface area contributed by atoms with E-state index in [-0.39, 0.29) is 0 Å². The predicted molar refractivity (Wildman–Crippen MR) is 63.9 cm³/mol. The van der Waals surface area contributed by atoms with Crippen LogP contribution in [0.5, 0.6) is 0 Å². The maximum Gasteiger partial charge on any atom is 0.0622 e. The summed E-state index contributed by atoms with van der Waals surface area (Å²) < 4.78 is 5.52. The van der Waals surface area contributed by atoms with Crippen molar-refractivity contribution in [1.82, 2.24) is 4.90 Å². The lowest BCUT2D eigenvalue weighted by atomic mass is 9.99. The first-order valence-corrected chi connectivity index (χ1v) is 6.22. The van der Waals surface area contributed by atoms with E-state index in [1.165, 1.54) is 6.42 Å². The minimum Gasteiger partial charge on any atom is -0.378 e. The minimum atomic E-state index is 0.541. The van der Waals surface area contributed by atoms with Crippen LogP contribution in [0.1, 0.15) is 33.6 Å². The van der Waals surface area contributed by atoms with Gasteiger partial charge in [0.15, 0.2) is 0 Å². The quantitative estimate of drug-likeness (QED) is 0.753. The SMILES string of the molecule is CCC1COCCN1C(CN)CC(C)C. The Bertz CT molecular complexity index is 173. The monoisotopic (exact) mass is 214 g/mol. The highest BCUT2D eigenvalue weighted by molar-refractivity contribution is 4.82. The summed E-state index contributed by atoms with van der Waals surface area (Å²) in [6.07, 6.45) is 2.36. The molecule has 3 nitrogen and oxygen atoms in total. The van der Waals surface area contributed by atoms with E-state index < -0.39 is 0 Å². The van der Waals surface area contributed by atoms with Gasteiger partial charge in [-0.3, -0.25) is 4.90 Å². The van der Waals surface area contributed by atoms with Crippen LogP contribution in [0, 0.1) is 5.92 Å². The molecule has 1 aliphatic rings. The number of hydrogen-bond donors (Lipinski definition) is 1. The van der Waals surface area contributed by atoms with Crippen LogP contribution in [0.2, 0.25) is 0 Å². The van der Waals surface area contributed by atoms with Gasteiger partial charge in [0, 0.05) is 25.2 Å². The van der Waals surface area contributed by atoms with Crippen molar-refractivity contribution in [2.24, 2.45) is 11.7 Å². The maximum atomic E-state index is 5.89. The second kappa shape index (κ2) is 6.46. The van der Waals surface area contributed by atoms with Gasteiger partial charge >= 0.3 is 0 Å². The molecule has 0 spiro atoms. The second-order valence-electron chi connectivity index (χ2n) is 4.89. The van der Waals surface area contributed by atoms with Crippen LogP contribution in [-0.4, -0.2) is 43.3 Å². The number of nitrogens with zero attached hydrogens (tertiary/aromatic N) is 1. The van der Waals surface area contributed by atoms with Gasteiger partial charge in [0.25, 0.3) is 0 Å². The molecule has 90 valence electrons. The molecule has 0 aromatic rings. The first kappa shape index (κ1) is 12.9. The molecule has 0 radical (unpaired) electrons. The van der Waals surface area contributed by atoms with E-state index >= 15 is 0 Å². The molecular weight excluding hydrogens is 188 g/mol. The molecular formula is C12H26N2O. The Hall–Kier alpha value is -0.120. The zero-order chi connectivity index (χ0) is 11.3. The standard InChI is InChI=1S/C12H26N2O/c1-4-11-9-15-6-5-14(11)12(8-13)7-10(2)3/h10-12H,4-9,13H2,1-3H3. The van der Waals surface area contributed by atoms with E-state index in [0.29, 0.717) is 12.1 Å². The summed E-state index contributed by atoms with van der Waals surface area (Å²) in [5, 5.41) is 0. The van der Waals surface area contributed by atoms with Crippen molar-refractivity contribution in [2.75, 3.05) is 26.3 Å².